The van der Waals surface area contributed by atoms with Gasteiger partial charge in [0.25, 0.3) is 0 Å². The Balaban J connectivity index is 0.000000264. The standard InChI is InChI=1S/C20H30N2O2.C17H20N4O.2C14H16N4.C14H17N3/c1-5-15(6-2)13-24-20(23)18(12-21)17-10-14(3)11-19-16(17)8-7-9-22(19)4;1-17(2)7-14(12(9-18)10-19)15(11-20)16(8-17)21-5-3-13(22)4-6-21;2*1-4-18-13-6-14(2,3)5-11(12(13)9-17)10(7-15)8-16;1-11-13(12(9-15)10-16)5-6-14(11)17-7-3-2-4-8-17/h14-15H,5-11,13H2,1-4H3;13,22H,3-8H2,1-2H3;2*18H,4-6H2,1-3H3;6,11H,2-5,7-8H2,1H3/b18-17-;;;;. The van der Waals surface area contributed by atoms with E-state index in [9.17, 15) is 41.5 Å². The van der Waals surface area contributed by atoms with Crippen molar-refractivity contribution < 1.29 is 14.6 Å². The summed E-state index contributed by atoms with van der Waals surface area (Å²) in [4.78, 5) is 19.4. The van der Waals surface area contributed by atoms with Crippen molar-refractivity contribution in [2.45, 2.75) is 205 Å². The van der Waals surface area contributed by atoms with Crippen molar-refractivity contribution in [3.05, 3.63) is 113 Å². The van der Waals surface area contributed by atoms with E-state index in [-0.39, 0.29) is 50.6 Å². The van der Waals surface area contributed by atoms with Gasteiger partial charge in [0.2, 0.25) is 0 Å². The number of nitriles is 12. The van der Waals surface area contributed by atoms with Crippen LogP contribution in [0, 0.1) is 170 Å². The number of nitrogens with one attached hydrogen (secondary N) is 2. The van der Waals surface area contributed by atoms with E-state index >= 15 is 0 Å². The van der Waals surface area contributed by atoms with Crippen molar-refractivity contribution in [2.24, 2.45) is 34.0 Å². The average molecular weight is 1330 g/mol. The Bertz CT molecular complexity index is 3730. The molecule has 0 amide bonds. The first-order chi connectivity index (χ1) is 47.2. The zero-order valence-electron chi connectivity index (χ0n) is 60.7. The van der Waals surface area contributed by atoms with Crippen molar-refractivity contribution >= 4 is 5.97 Å². The highest BCUT2D eigenvalue weighted by Crippen LogP contribution is 2.47. The normalized spacial score (nSPS) is 20.9. The summed E-state index contributed by atoms with van der Waals surface area (Å²) in [5, 5.41) is 126. The summed E-state index contributed by atoms with van der Waals surface area (Å²) in [6.07, 6.45) is 17.7. The summed E-state index contributed by atoms with van der Waals surface area (Å²) in [6.45, 7) is 31.5. The number of allylic oxidation sites excluding steroid dienone is 18. The number of piperidine rings is 2. The Labute approximate surface area is 589 Å². The van der Waals surface area contributed by atoms with Crippen LogP contribution in [0.15, 0.2) is 113 Å². The van der Waals surface area contributed by atoms with E-state index in [1.165, 1.54) is 36.2 Å². The maximum atomic E-state index is 12.5. The smallest absolute Gasteiger partial charge is 0.349 e. The summed E-state index contributed by atoms with van der Waals surface area (Å²) < 4.78 is 5.48. The molecule has 8 rings (SSSR count). The van der Waals surface area contributed by atoms with Gasteiger partial charge in [0, 0.05) is 104 Å². The third-order valence-electron chi connectivity index (χ3n) is 19.4. The van der Waals surface area contributed by atoms with E-state index < -0.39 is 5.97 Å². The molecule has 0 spiro atoms. The summed E-state index contributed by atoms with van der Waals surface area (Å²) in [5.74, 6) is 0.630. The van der Waals surface area contributed by atoms with Crippen LogP contribution in [-0.4, -0.2) is 91.3 Å². The highest BCUT2D eigenvalue weighted by molar-refractivity contribution is 5.94. The maximum absolute atomic E-state index is 12.5. The number of esters is 1. The average Bonchev–Trinajstić information content (AvgIpc) is 1.51. The van der Waals surface area contributed by atoms with Gasteiger partial charge >= 0.3 is 5.97 Å². The summed E-state index contributed by atoms with van der Waals surface area (Å²) in [5.41, 5.74) is 12.0. The number of ether oxygens (including phenoxy) is 1. The summed E-state index contributed by atoms with van der Waals surface area (Å²) in [7, 11) is 2.11. The van der Waals surface area contributed by atoms with Crippen LogP contribution in [0.25, 0.3) is 0 Å². The van der Waals surface area contributed by atoms with Gasteiger partial charge in [-0.1, -0.05) is 88.2 Å². The van der Waals surface area contributed by atoms with Crippen molar-refractivity contribution in [3.63, 3.8) is 0 Å². The van der Waals surface area contributed by atoms with Crippen molar-refractivity contribution in [2.75, 3.05) is 59.5 Å². The van der Waals surface area contributed by atoms with Crippen LogP contribution in [0.1, 0.15) is 199 Å². The lowest BCUT2D eigenvalue weighted by Crippen LogP contribution is -2.38. The van der Waals surface area contributed by atoms with Crippen LogP contribution < -0.4 is 10.6 Å². The van der Waals surface area contributed by atoms with Crippen LogP contribution in [0.2, 0.25) is 0 Å². The SMILES string of the molecule is CC1(C)CC(=C(C#N)C#N)C(C#N)=C(N2CCC(O)CC2)C1.CC1C(N2CCCCC2)=CCC1=C(C#N)C#N.CCC(CC)COC(=O)/C(C#N)=C1/CC(C)CC2=C1CCCN2C.CCNC1=C(C#N)C(=C(C#N)C#N)CC(C)(C)C1.CCNC1=C(C#N)C(=C(C#N)C#N)CC(C)(C)C1. The molecule has 518 valence electrons. The highest BCUT2D eigenvalue weighted by Gasteiger charge is 2.38. The number of hydrogen-bond acceptors (Lipinski definition) is 20. The van der Waals surface area contributed by atoms with Gasteiger partial charge < -0.3 is 35.2 Å². The second kappa shape index (κ2) is 38.6. The first kappa shape index (κ1) is 81.1. The fourth-order valence-electron chi connectivity index (χ4n) is 14.3. The van der Waals surface area contributed by atoms with Gasteiger partial charge in [-0.2, -0.15) is 63.1 Å². The van der Waals surface area contributed by atoms with Crippen LogP contribution >= 0.6 is 0 Å². The van der Waals surface area contributed by atoms with Gasteiger partial charge in [-0.3, -0.25) is 0 Å². The van der Waals surface area contributed by atoms with E-state index in [1.807, 2.05) is 62.4 Å². The number of likely N-dealkylation sites (tertiary alicyclic amines) is 2. The van der Waals surface area contributed by atoms with Crippen LogP contribution in [-0.2, 0) is 9.53 Å². The number of aliphatic hydroxyl groups excluding tert-OH is 1. The maximum Gasteiger partial charge on any atom is 0.349 e. The van der Waals surface area contributed by atoms with Crippen LogP contribution in [0.4, 0.5) is 0 Å². The molecule has 0 bridgehead atoms. The van der Waals surface area contributed by atoms with E-state index in [4.69, 9.17) is 36.3 Å². The predicted octanol–water partition coefficient (Wildman–Crippen LogP) is 14.4. The molecule has 8 aliphatic rings. The van der Waals surface area contributed by atoms with Crippen LogP contribution in [0.3, 0.4) is 0 Å². The lowest BCUT2D eigenvalue weighted by molar-refractivity contribution is -0.140. The summed E-state index contributed by atoms with van der Waals surface area (Å²) >= 11 is 0. The van der Waals surface area contributed by atoms with Gasteiger partial charge in [0.1, 0.15) is 101 Å². The highest BCUT2D eigenvalue weighted by atomic mass is 16.5. The number of hydrogen-bond donors (Lipinski definition) is 3. The fourth-order valence-corrected chi connectivity index (χ4v) is 14.3. The van der Waals surface area contributed by atoms with Gasteiger partial charge in [-0.05, 0) is 161 Å². The molecule has 2 unspecified atom stereocenters. The largest absolute Gasteiger partial charge is 0.461 e. The molecule has 0 saturated carbocycles. The fraction of sp³-hybridized carbons (Fsp3) is 0.582. The second-order valence-corrected chi connectivity index (χ2v) is 28.9. The Hall–Kier alpha value is -10.3. The number of carbonyl (C=O) groups excluding carboxylic acids is 1. The molecule has 20 heteroatoms. The molecule has 3 aliphatic heterocycles. The Morgan fingerprint density at radius 1 is 0.556 bits per heavy atom. The molecule has 99 heavy (non-hydrogen) atoms. The van der Waals surface area contributed by atoms with Gasteiger partial charge in [-0.15, -0.1) is 0 Å². The molecule has 2 saturated heterocycles. The van der Waals surface area contributed by atoms with Gasteiger partial charge in [0.05, 0.1) is 29.4 Å². The third kappa shape index (κ3) is 21.9. The quantitative estimate of drug-likeness (QED) is 0.0982. The number of nitrogens with zero attached hydrogens (tertiary/aromatic N) is 15. The topological polar surface area (TPSA) is 366 Å². The first-order valence-corrected chi connectivity index (χ1v) is 34.8. The van der Waals surface area contributed by atoms with Gasteiger partial charge in [-0.25, -0.2) is 4.79 Å². The third-order valence-corrected chi connectivity index (χ3v) is 19.4. The number of carbonyl (C=O) groups is 1. The number of aliphatic hydroxyl groups is 1. The zero-order chi connectivity index (χ0) is 73.8. The minimum absolute atomic E-state index is 0.0406. The van der Waals surface area contributed by atoms with E-state index in [0.717, 1.165) is 125 Å². The van der Waals surface area contributed by atoms with E-state index in [1.54, 1.807) is 0 Å². The van der Waals surface area contributed by atoms with Crippen LogP contribution in [0.5, 0.6) is 0 Å². The monoisotopic (exact) mass is 1330 g/mol. The Kier molecular flexibility index (Phi) is 31.6. The van der Waals surface area contributed by atoms with Crippen molar-refractivity contribution in [1.82, 2.24) is 25.3 Å². The predicted molar refractivity (Wildman–Crippen MR) is 376 cm³/mol. The lowest BCUT2D eigenvalue weighted by atomic mass is 9.72. The molecule has 0 radical (unpaired) electrons. The Morgan fingerprint density at radius 3 is 1.43 bits per heavy atom. The molecule has 3 N–H and O–H groups in total. The van der Waals surface area contributed by atoms with Crippen molar-refractivity contribution in [1.29, 1.82) is 63.1 Å². The van der Waals surface area contributed by atoms with E-state index in [0.29, 0.717) is 103 Å². The molecule has 0 aromatic rings. The number of rotatable bonds is 11. The van der Waals surface area contributed by atoms with E-state index in [2.05, 4.69) is 132 Å². The minimum Gasteiger partial charge on any atom is -0.461 e. The first-order valence-electron chi connectivity index (χ1n) is 34.8. The summed E-state index contributed by atoms with van der Waals surface area (Å²) in [6, 6.07) is 24.1. The molecule has 3 heterocycles. The Morgan fingerprint density at radius 2 is 1.01 bits per heavy atom. The molecule has 0 aromatic heterocycles. The molecule has 2 fully saturated rings. The molecule has 5 aliphatic carbocycles. The second-order valence-electron chi connectivity index (χ2n) is 28.9. The minimum atomic E-state index is -0.437. The lowest BCUT2D eigenvalue weighted by Gasteiger charge is -2.41. The molecule has 20 nitrogen and oxygen atoms in total. The molecule has 2 atom stereocenters. The van der Waals surface area contributed by atoms with Crippen molar-refractivity contribution in [3.8, 4) is 72.8 Å². The molecular weight excluding hydrogens is 1230 g/mol. The van der Waals surface area contributed by atoms with Gasteiger partial charge in [0.15, 0.2) is 0 Å². The molecular formula is C79H99N17O3. The molecule has 0 aromatic carbocycles. The zero-order valence-corrected chi connectivity index (χ0v) is 60.7.